The lowest BCUT2D eigenvalue weighted by molar-refractivity contribution is -0.137. The van der Waals surface area contributed by atoms with E-state index in [1.807, 2.05) is 19.1 Å². The SMILES string of the molecule is CCc1cc(N2CCC(N(C)C)C2)ccc1Nc1ncc(C(F)(F)F)c(-c2cc3c(s2)COCCS3(=O)=O)n1. The van der Waals surface area contributed by atoms with Gasteiger partial charge in [0.05, 0.1) is 34.4 Å². The van der Waals surface area contributed by atoms with Crippen molar-refractivity contribution in [1.29, 1.82) is 0 Å². The Kier molecular flexibility index (Phi) is 7.61. The lowest BCUT2D eigenvalue weighted by atomic mass is 10.1. The average molecular weight is 582 g/mol. The molecule has 0 amide bonds. The predicted molar refractivity (Wildman–Crippen MR) is 145 cm³/mol. The summed E-state index contributed by atoms with van der Waals surface area (Å²) in [5.41, 5.74) is 1.39. The molecule has 5 rings (SSSR count). The third-order valence-corrected chi connectivity index (χ3v) is 10.1. The molecular weight excluding hydrogens is 551 g/mol. The standard InChI is InChI=1S/C26H30F3N5O3S2/c1-4-16-11-17(34-8-7-18(14-34)33(2)3)5-6-20(16)31-25-30-13-19(26(27,28)29)24(32-25)21-12-23-22(38-21)15-37-9-10-39(23,35)36/h5-6,11-13,18H,4,7-10,14-15H2,1-3H3,(H,30,31,32). The van der Waals surface area contributed by atoms with Crippen LogP contribution in [-0.4, -0.2) is 68.9 Å². The number of rotatable bonds is 6. The summed E-state index contributed by atoms with van der Waals surface area (Å²) in [6.07, 6.45) is -2.20. The lowest BCUT2D eigenvalue weighted by Gasteiger charge is -2.23. The molecule has 1 N–H and O–H groups in total. The number of nitrogens with zero attached hydrogens (tertiary/aromatic N) is 4. The molecule has 210 valence electrons. The number of aromatic nitrogens is 2. The minimum absolute atomic E-state index is 0.00278. The number of hydrogen-bond acceptors (Lipinski definition) is 9. The number of halogens is 3. The zero-order chi connectivity index (χ0) is 27.9. The number of fused-ring (bicyclic) bond motifs is 1. The van der Waals surface area contributed by atoms with E-state index in [2.05, 4.69) is 45.2 Å². The maximum atomic E-state index is 13.9. The molecule has 3 aromatic rings. The van der Waals surface area contributed by atoms with Gasteiger partial charge < -0.3 is 19.9 Å². The van der Waals surface area contributed by atoms with E-state index in [0.29, 0.717) is 23.0 Å². The number of ether oxygens (including phenoxy) is 1. The molecule has 1 saturated heterocycles. The van der Waals surface area contributed by atoms with Crippen molar-refractivity contribution in [3.63, 3.8) is 0 Å². The van der Waals surface area contributed by atoms with Crippen molar-refractivity contribution in [1.82, 2.24) is 14.9 Å². The Labute approximate surface area is 229 Å². The van der Waals surface area contributed by atoms with Gasteiger partial charge in [-0.15, -0.1) is 11.3 Å². The number of aryl methyl sites for hydroxylation is 1. The van der Waals surface area contributed by atoms with Crippen LogP contribution in [0.15, 0.2) is 35.4 Å². The quantitative estimate of drug-likeness (QED) is 0.437. The van der Waals surface area contributed by atoms with Gasteiger partial charge in [-0.1, -0.05) is 6.92 Å². The van der Waals surface area contributed by atoms with Crippen LogP contribution in [0.3, 0.4) is 0 Å². The molecule has 1 atom stereocenters. The van der Waals surface area contributed by atoms with Crippen molar-refractivity contribution in [2.75, 3.05) is 49.8 Å². The number of benzene rings is 1. The van der Waals surface area contributed by atoms with Crippen LogP contribution in [-0.2, 0) is 33.8 Å². The highest BCUT2D eigenvalue weighted by Gasteiger charge is 2.37. The zero-order valence-corrected chi connectivity index (χ0v) is 23.5. The van der Waals surface area contributed by atoms with Crippen LogP contribution in [0.2, 0.25) is 0 Å². The number of alkyl halides is 3. The van der Waals surface area contributed by atoms with Crippen molar-refractivity contribution < 1.29 is 26.3 Å². The summed E-state index contributed by atoms with van der Waals surface area (Å²) in [6.45, 7) is 3.96. The van der Waals surface area contributed by atoms with Gasteiger partial charge in [-0.2, -0.15) is 13.2 Å². The summed E-state index contributed by atoms with van der Waals surface area (Å²) in [7, 11) is 0.497. The van der Waals surface area contributed by atoms with E-state index in [9.17, 15) is 21.6 Å². The van der Waals surface area contributed by atoms with Crippen LogP contribution in [0.5, 0.6) is 0 Å². The van der Waals surface area contributed by atoms with Gasteiger partial charge in [-0.05, 0) is 56.8 Å². The van der Waals surface area contributed by atoms with Crippen molar-refractivity contribution in [3.8, 4) is 10.6 Å². The van der Waals surface area contributed by atoms with Crippen molar-refractivity contribution >= 4 is 38.5 Å². The Hall–Kier alpha value is -2.74. The van der Waals surface area contributed by atoms with Crippen LogP contribution in [0.4, 0.5) is 30.5 Å². The number of thiophene rings is 1. The normalized spacial score (nSPS) is 19.3. The van der Waals surface area contributed by atoms with Gasteiger partial charge in [0, 0.05) is 41.6 Å². The monoisotopic (exact) mass is 581 g/mol. The molecule has 4 heterocycles. The summed E-state index contributed by atoms with van der Waals surface area (Å²) in [5.74, 6) is -0.223. The highest BCUT2D eigenvalue weighted by Crippen LogP contribution is 2.42. The van der Waals surface area contributed by atoms with Gasteiger partial charge in [0.25, 0.3) is 0 Å². The Balaban J connectivity index is 1.48. The topological polar surface area (TPSA) is 87.7 Å². The minimum atomic E-state index is -4.72. The highest BCUT2D eigenvalue weighted by atomic mass is 32.2. The Morgan fingerprint density at radius 2 is 2.05 bits per heavy atom. The summed E-state index contributed by atoms with van der Waals surface area (Å²) < 4.78 is 72.4. The predicted octanol–water partition coefficient (Wildman–Crippen LogP) is 4.97. The van der Waals surface area contributed by atoms with E-state index < -0.39 is 21.6 Å². The maximum Gasteiger partial charge on any atom is 0.420 e. The molecule has 1 unspecified atom stereocenters. The summed E-state index contributed by atoms with van der Waals surface area (Å²) in [4.78, 5) is 13.2. The molecule has 1 aromatic carbocycles. The van der Waals surface area contributed by atoms with E-state index in [1.165, 1.54) is 6.07 Å². The van der Waals surface area contributed by atoms with Gasteiger partial charge in [0.1, 0.15) is 5.56 Å². The molecule has 0 aliphatic carbocycles. The van der Waals surface area contributed by atoms with Crippen LogP contribution in [0.25, 0.3) is 10.6 Å². The Morgan fingerprint density at radius 1 is 1.26 bits per heavy atom. The van der Waals surface area contributed by atoms with E-state index in [4.69, 9.17) is 4.74 Å². The second kappa shape index (κ2) is 10.7. The molecule has 0 saturated carbocycles. The number of anilines is 3. The molecular formula is C26H30F3N5O3S2. The number of nitrogens with one attached hydrogen (secondary N) is 1. The van der Waals surface area contributed by atoms with E-state index in [1.54, 1.807) is 0 Å². The summed E-state index contributed by atoms with van der Waals surface area (Å²) in [6, 6.07) is 7.74. The number of sulfone groups is 1. The largest absolute Gasteiger partial charge is 0.420 e. The molecule has 8 nitrogen and oxygen atoms in total. The lowest BCUT2D eigenvalue weighted by Crippen LogP contribution is -2.31. The fourth-order valence-electron chi connectivity index (χ4n) is 4.88. The first-order chi connectivity index (χ1) is 18.5. The fraction of sp³-hybridized carbons (Fsp3) is 0.462. The zero-order valence-electron chi connectivity index (χ0n) is 21.9. The first kappa shape index (κ1) is 27.8. The summed E-state index contributed by atoms with van der Waals surface area (Å²) >= 11 is 0.944. The van der Waals surface area contributed by atoms with E-state index in [-0.39, 0.29) is 40.4 Å². The molecule has 39 heavy (non-hydrogen) atoms. The van der Waals surface area contributed by atoms with Crippen LogP contribution >= 0.6 is 11.3 Å². The van der Waals surface area contributed by atoms with Crippen molar-refractivity contribution in [2.45, 2.75) is 43.5 Å². The van der Waals surface area contributed by atoms with Gasteiger partial charge >= 0.3 is 6.18 Å². The second-order valence-corrected chi connectivity index (χ2v) is 13.1. The number of likely N-dealkylation sites (N-methyl/N-ethyl adjacent to an activating group) is 1. The number of hydrogen-bond donors (Lipinski definition) is 1. The molecule has 0 bridgehead atoms. The minimum Gasteiger partial charge on any atom is -0.375 e. The van der Waals surface area contributed by atoms with Gasteiger partial charge in [0.15, 0.2) is 9.84 Å². The fourth-order valence-corrected chi connectivity index (χ4v) is 7.72. The van der Waals surface area contributed by atoms with Crippen LogP contribution in [0, 0.1) is 0 Å². The van der Waals surface area contributed by atoms with Crippen molar-refractivity contribution in [3.05, 3.63) is 46.5 Å². The maximum absolute atomic E-state index is 13.9. The first-order valence-corrected chi connectivity index (χ1v) is 15.1. The first-order valence-electron chi connectivity index (χ1n) is 12.7. The third kappa shape index (κ3) is 5.76. The second-order valence-electron chi connectivity index (χ2n) is 9.90. The molecule has 2 aliphatic rings. The average Bonchev–Trinajstić information content (AvgIpc) is 3.52. The third-order valence-electron chi connectivity index (χ3n) is 7.14. The van der Waals surface area contributed by atoms with Crippen LogP contribution in [0.1, 0.15) is 29.3 Å². The molecule has 1 fully saturated rings. The van der Waals surface area contributed by atoms with Gasteiger partial charge in [-0.25, -0.2) is 18.4 Å². The molecule has 2 aliphatic heterocycles. The van der Waals surface area contributed by atoms with Crippen molar-refractivity contribution in [2.24, 2.45) is 0 Å². The van der Waals surface area contributed by atoms with Crippen LogP contribution < -0.4 is 10.2 Å². The van der Waals surface area contributed by atoms with Gasteiger partial charge in [-0.3, -0.25) is 0 Å². The molecule has 0 radical (unpaired) electrons. The highest BCUT2D eigenvalue weighted by molar-refractivity contribution is 7.91. The van der Waals surface area contributed by atoms with E-state index in [0.717, 1.165) is 48.3 Å². The molecule has 2 aromatic heterocycles. The molecule has 0 spiro atoms. The Bertz CT molecular complexity index is 1470. The van der Waals surface area contributed by atoms with Gasteiger partial charge in [0.2, 0.25) is 5.95 Å². The molecule has 13 heteroatoms. The Morgan fingerprint density at radius 3 is 2.74 bits per heavy atom. The van der Waals surface area contributed by atoms with E-state index >= 15 is 0 Å². The smallest absolute Gasteiger partial charge is 0.375 e. The summed E-state index contributed by atoms with van der Waals surface area (Å²) in [5, 5.41) is 3.09.